The third-order valence-electron chi connectivity index (χ3n) is 1.38. The van der Waals surface area contributed by atoms with Crippen molar-refractivity contribution in [3.63, 3.8) is 0 Å². The van der Waals surface area contributed by atoms with E-state index in [-0.39, 0.29) is 0 Å². The lowest BCUT2D eigenvalue weighted by Crippen LogP contribution is -2.00. The van der Waals surface area contributed by atoms with Crippen LogP contribution >= 0.6 is 15.9 Å². The van der Waals surface area contributed by atoms with Crippen LogP contribution in [0.3, 0.4) is 0 Å². The zero-order chi connectivity index (χ0) is 9.56. The average molecular weight is 231 g/mol. The van der Waals surface area contributed by atoms with Crippen LogP contribution in [0.25, 0.3) is 0 Å². The van der Waals surface area contributed by atoms with E-state index < -0.39 is 0 Å². The van der Waals surface area contributed by atoms with Gasteiger partial charge < -0.3 is 5.73 Å². The van der Waals surface area contributed by atoms with Crippen LogP contribution in [0, 0.1) is 6.92 Å². The lowest BCUT2D eigenvalue weighted by Gasteiger charge is -2.00. The molecule has 2 N–H and O–H groups in total. The Bertz CT molecular complexity index is 236. The van der Waals surface area contributed by atoms with Crippen molar-refractivity contribution in [1.29, 1.82) is 0 Å². The summed E-state index contributed by atoms with van der Waals surface area (Å²) in [4.78, 5) is 4.18. The van der Waals surface area contributed by atoms with Gasteiger partial charge in [0.15, 0.2) is 0 Å². The van der Waals surface area contributed by atoms with E-state index in [1.807, 2.05) is 32.9 Å². The maximum atomic E-state index is 5.45. The molecule has 0 spiro atoms. The summed E-state index contributed by atoms with van der Waals surface area (Å²) in [5.41, 5.74) is 7.54. The van der Waals surface area contributed by atoms with Crippen LogP contribution in [0.4, 0.5) is 0 Å². The molecule has 1 heterocycles. The molecule has 0 aromatic carbocycles. The summed E-state index contributed by atoms with van der Waals surface area (Å²) < 4.78 is 0.863. The molecular weight excluding hydrogens is 216 g/mol. The van der Waals surface area contributed by atoms with Gasteiger partial charge in [-0.25, -0.2) is 4.98 Å². The van der Waals surface area contributed by atoms with Gasteiger partial charge in [-0.2, -0.15) is 0 Å². The molecule has 0 aliphatic heterocycles. The second kappa shape index (κ2) is 6.14. The van der Waals surface area contributed by atoms with Crippen LogP contribution in [0.15, 0.2) is 16.7 Å². The van der Waals surface area contributed by atoms with Gasteiger partial charge in [-0.1, -0.05) is 19.9 Å². The standard InChI is InChI=1S/C7H9BrN2.C2H6/c1-5-6(4-9)2-3-7(8)10-5;1-2/h2-3H,4,9H2,1H3;1-2H3. The molecule has 0 fully saturated rings. The third-order valence-corrected chi connectivity index (χ3v) is 1.82. The first-order valence-electron chi connectivity index (χ1n) is 4.06. The molecule has 0 radical (unpaired) electrons. The van der Waals surface area contributed by atoms with E-state index in [2.05, 4.69) is 20.9 Å². The Hall–Kier alpha value is -0.410. The fraction of sp³-hybridized carbons (Fsp3) is 0.444. The highest BCUT2D eigenvalue weighted by molar-refractivity contribution is 9.10. The van der Waals surface area contributed by atoms with Crippen molar-refractivity contribution >= 4 is 15.9 Å². The van der Waals surface area contributed by atoms with Crippen LogP contribution in [0.2, 0.25) is 0 Å². The van der Waals surface area contributed by atoms with Crippen molar-refractivity contribution in [1.82, 2.24) is 4.98 Å². The molecule has 0 amide bonds. The number of nitrogens with zero attached hydrogens (tertiary/aromatic N) is 1. The first kappa shape index (κ1) is 11.6. The normalized spacial score (nSPS) is 8.75. The smallest absolute Gasteiger partial charge is 0.106 e. The Kier molecular flexibility index (Phi) is 5.93. The number of halogens is 1. The minimum atomic E-state index is 0.562. The van der Waals surface area contributed by atoms with Gasteiger partial charge in [-0.3, -0.25) is 0 Å². The quantitative estimate of drug-likeness (QED) is 0.754. The molecule has 0 aliphatic carbocycles. The third kappa shape index (κ3) is 3.32. The highest BCUT2D eigenvalue weighted by Crippen LogP contribution is 2.10. The minimum Gasteiger partial charge on any atom is -0.326 e. The first-order chi connectivity index (χ1) is 5.74. The van der Waals surface area contributed by atoms with Crippen molar-refractivity contribution in [2.75, 3.05) is 0 Å². The summed E-state index contributed by atoms with van der Waals surface area (Å²) in [7, 11) is 0. The number of nitrogens with two attached hydrogens (primary N) is 1. The van der Waals surface area contributed by atoms with Crippen LogP contribution in [0.1, 0.15) is 25.1 Å². The molecule has 1 aromatic rings. The fourth-order valence-corrected chi connectivity index (χ4v) is 1.17. The number of aromatic nitrogens is 1. The molecule has 3 heteroatoms. The van der Waals surface area contributed by atoms with Gasteiger partial charge in [0.25, 0.3) is 0 Å². The Morgan fingerprint density at radius 2 is 2.00 bits per heavy atom. The van der Waals surface area contributed by atoms with E-state index in [4.69, 9.17) is 5.73 Å². The van der Waals surface area contributed by atoms with Crippen LogP contribution in [0.5, 0.6) is 0 Å². The van der Waals surface area contributed by atoms with Gasteiger partial charge in [-0.15, -0.1) is 0 Å². The highest BCUT2D eigenvalue weighted by Gasteiger charge is 1.95. The molecule has 0 atom stereocenters. The molecule has 2 nitrogen and oxygen atoms in total. The van der Waals surface area contributed by atoms with E-state index in [1.165, 1.54) is 0 Å². The average Bonchev–Trinajstić information content (AvgIpc) is 2.08. The van der Waals surface area contributed by atoms with E-state index in [1.54, 1.807) is 0 Å². The van der Waals surface area contributed by atoms with Gasteiger partial charge in [-0.05, 0) is 34.5 Å². The summed E-state index contributed by atoms with van der Waals surface area (Å²) in [6.45, 7) is 6.51. The van der Waals surface area contributed by atoms with Gasteiger partial charge in [0.1, 0.15) is 4.60 Å². The Balaban J connectivity index is 0.000000561. The van der Waals surface area contributed by atoms with E-state index in [9.17, 15) is 0 Å². The monoisotopic (exact) mass is 230 g/mol. The zero-order valence-electron chi connectivity index (χ0n) is 7.76. The maximum Gasteiger partial charge on any atom is 0.106 e. The predicted molar refractivity (Wildman–Crippen MR) is 55.9 cm³/mol. The molecular formula is C9H15BrN2. The van der Waals surface area contributed by atoms with Crippen LogP contribution in [-0.2, 0) is 6.54 Å². The maximum absolute atomic E-state index is 5.45. The number of hydrogen-bond acceptors (Lipinski definition) is 2. The van der Waals surface area contributed by atoms with Crippen molar-refractivity contribution in [3.05, 3.63) is 28.0 Å². The molecule has 0 aliphatic rings. The van der Waals surface area contributed by atoms with Crippen molar-refractivity contribution in [2.24, 2.45) is 5.73 Å². The molecule has 1 aromatic heterocycles. The second-order valence-electron chi connectivity index (χ2n) is 2.08. The summed E-state index contributed by atoms with van der Waals surface area (Å²) in [6.07, 6.45) is 0. The van der Waals surface area contributed by atoms with Gasteiger partial charge in [0, 0.05) is 12.2 Å². The lowest BCUT2D eigenvalue weighted by molar-refractivity contribution is 0.999. The fourth-order valence-electron chi connectivity index (χ4n) is 0.775. The first-order valence-corrected chi connectivity index (χ1v) is 4.85. The Morgan fingerprint density at radius 3 is 2.42 bits per heavy atom. The topological polar surface area (TPSA) is 38.9 Å². The van der Waals surface area contributed by atoms with E-state index in [0.717, 1.165) is 15.9 Å². The Labute approximate surface area is 82.3 Å². The van der Waals surface area contributed by atoms with Crippen molar-refractivity contribution in [3.8, 4) is 0 Å². The SMILES string of the molecule is CC.Cc1nc(Br)ccc1CN. The number of pyridine rings is 1. The summed E-state index contributed by atoms with van der Waals surface area (Å²) in [5.74, 6) is 0. The number of rotatable bonds is 1. The molecule has 0 saturated heterocycles. The van der Waals surface area contributed by atoms with Gasteiger partial charge in [0.05, 0.1) is 0 Å². The summed E-state index contributed by atoms with van der Waals surface area (Å²) >= 11 is 3.27. The van der Waals surface area contributed by atoms with Crippen LogP contribution < -0.4 is 5.73 Å². The van der Waals surface area contributed by atoms with Crippen LogP contribution in [-0.4, -0.2) is 4.98 Å². The number of hydrogen-bond donors (Lipinski definition) is 1. The van der Waals surface area contributed by atoms with Gasteiger partial charge >= 0.3 is 0 Å². The minimum absolute atomic E-state index is 0.562. The molecule has 1 rings (SSSR count). The number of aryl methyl sites for hydroxylation is 1. The molecule has 0 saturated carbocycles. The Morgan fingerprint density at radius 1 is 1.42 bits per heavy atom. The van der Waals surface area contributed by atoms with E-state index >= 15 is 0 Å². The second-order valence-corrected chi connectivity index (χ2v) is 2.90. The van der Waals surface area contributed by atoms with Crippen molar-refractivity contribution < 1.29 is 0 Å². The molecule has 0 unspecified atom stereocenters. The molecule has 0 bridgehead atoms. The van der Waals surface area contributed by atoms with E-state index in [0.29, 0.717) is 6.54 Å². The molecule has 12 heavy (non-hydrogen) atoms. The van der Waals surface area contributed by atoms with Crippen molar-refractivity contribution in [2.45, 2.75) is 27.3 Å². The zero-order valence-corrected chi connectivity index (χ0v) is 9.35. The largest absolute Gasteiger partial charge is 0.326 e. The lowest BCUT2D eigenvalue weighted by atomic mass is 10.2. The molecule has 68 valence electrons. The van der Waals surface area contributed by atoms with Gasteiger partial charge in [0.2, 0.25) is 0 Å². The summed E-state index contributed by atoms with van der Waals surface area (Å²) in [5, 5.41) is 0. The highest BCUT2D eigenvalue weighted by atomic mass is 79.9. The predicted octanol–water partition coefficient (Wildman–Crippen LogP) is 2.64. The summed E-state index contributed by atoms with van der Waals surface area (Å²) in [6, 6.07) is 3.88.